The minimum Gasteiger partial charge on any atom is -0.399 e. The predicted octanol–water partition coefficient (Wildman–Crippen LogP) is 3.31. The average molecular weight is 331 g/mol. The molecule has 23 heavy (non-hydrogen) atoms. The largest absolute Gasteiger partial charge is 0.399 e. The topological polar surface area (TPSA) is 68.0 Å². The molecule has 0 unspecified atom stereocenters. The number of anilines is 1. The summed E-state index contributed by atoms with van der Waals surface area (Å²) in [5.41, 5.74) is 8.85. The molecule has 4 nitrogen and oxygen atoms in total. The van der Waals surface area contributed by atoms with Gasteiger partial charge in [-0.1, -0.05) is 39.0 Å². The Morgan fingerprint density at radius 3 is 2.65 bits per heavy atom. The van der Waals surface area contributed by atoms with Crippen molar-refractivity contribution >= 4 is 22.9 Å². The summed E-state index contributed by atoms with van der Waals surface area (Å²) in [7, 11) is 0. The summed E-state index contributed by atoms with van der Waals surface area (Å²) in [6.07, 6.45) is 1.91. The summed E-state index contributed by atoms with van der Waals surface area (Å²) >= 11 is 1.66. The minimum absolute atomic E-state index is 0.0563. The van der Waals surface area contributed by atoms with E-state index in [9.17, 15) is 4.79 Å². The number of rotatable bonds is 6. The Morgan fingerprint density at radius 2 is 2.00 bits per heavy atom. The molecule has 0 spiro atoms. The maximum absolute atomic E-state index is 11.9. The third-order valence-corrected chi connectivity index (χ3v) is 4.57. The Bertz CT molecular complexity index is 658. The number of hydrogen-bond donors (Lipinski definition) is 2. The second-order valence-electron chi connectivity index (χ2n) is 6.68. The number of nitrogens with two attached hydrogens (primary N) is 1. The first-order chi connectivity index (χ1) is 10.9. The number of thiazole rings is 1. The zero-order valence-corrected chi connectivity index (χ0v) is 14.9. The highest BCUT2D eigenvalue weighted by Crippen LogP contribution is 2.23. The van der Waals surface area contributed by atoms with Crippen LogP contribution < -0.4 is 11.1 Å². The van der Waals surface area contributed by atoms with Crippen LogP contribution in [-0.2, 0) is 23.1 Å². The van der Waals surface area contributed by atoms with Gasteiger partial charge in [0, 0.05) is 35.9 Å². The van der Waals surface area contributed by atoms with Crippen molar-refractivity contribution in [2.75, 3.05) is 12.3 Å². The fraction of sp³-hybridized carbons (Fsp3) is 0.444. The van der Waals surface area contributed by atoms with Gasteiger partial charge in [-0.2, -0.15) is 0 Å². The van der Waals surface area contributed by atoms with Crippen molar-refractivity contribution in [3.05, 3.63) is 45.9 Å². The molecule has 0 bridgehead atoms. The molecule has 0 fully saturated rings. The number of carbonyl (C=O) groups is 1. The van der Waals surface area contributed by atoms with Gasteiger partial charge in [-0.05, 0) is 18.1 Å². The standard InChI is InChI=1S/C18H25N3OS/c1-18(2,3)15-12-23-17(21-15)10-11-20-16(22)9-8-13-6-4-5-7-14(13)19/h4-7,12H,8-11,19H2,1-3H3,(H,20,22). The van der Waals surface area contributed by atoms with Crippen molar-refractivity contribution in [2.24, 2.45) is 0 Å². The zero-order valence-electron chi connectivity index (χ0n) is 14.1. The summed E-state index contributed by atoms with van der Waals surface area (Å²) in [5.74, 6) is 0.0563. The first-order valence-electron chi connectivity index (χ1n) is 7.91. The molecule has 0 saturated heterocycles. The number of benzene rings is 1. The molecular formula is C18H25N3OS. The SMILES string of the molecule is CC(C)(C)c1csc(CCNC(=O)CCc2ccccc2N)n1. The quantitative estimate of drug-likeness (QED) is 0.798. The molecule has 0 radical (unpaired) electrons. The lowest BCUT2D eigenvalue weighted by Crippen LogP contribution is -2.26. The van der Waals surface area contributed by atoms with E-state index in [4.69, 9.17) is 5.73 Å². The van der Waals surface area contributed by atoms with Crippen LogP contribution in [0.2, 0.25) is 0 Å². The van der Waals surface area contributed by atoms with Gasteiger partial charge in [-0.15, -0.1) is 11.3 Å². The van der Waals surface area contributed by atoms with E-state index in [-0.39, 0.29) is 11.3 Å². The van der Waals surface area contributed by atoms with Crippen molar-refractivity contribution in [3.63, 3.8) is 0 Å². The number of aromatic nitrogens is 1. The molecule has 1 aromatic carbocycles. The van der Waals surface area contributed by atoms with Crippen molar-refractivity contribution in [3.8, 4) is 0 Å². The van der Waals surface area contributed by atoms with Gasteiger partial charge in [0.2, 0.25) is 5.91 Å². The highest BCUT2D eigenvalue weighted by molar-refractivity contribution is 7.09. The van der Waals surface area contributed by atoms with E-state index in [1.807, 2.05) is 24.3 Å². The molecule has 0 aliphatic rings. The Hall–Kier alpha value is -1.88. The third-order valence-electron chi connectivity index (χ3n) is 3.66. The number of amides is 1. The van der Waals surface area contributed by atoms with E-state index >= 15 is 0 Å². The smallest absolute Gasteiger partial charge is 0.220 e. The minimum atomic E-state index is 0.0563. The third kappa shape index (κ3) is 5.36. The number of carbonyl (C=O) groups excluding carboxylic acids is 1. The lowest BCUT2D eigenvalue weighted by molar-refractivity contribution is -0.121. The van der Waals surface area contributed by atoms with Gasteiger partial charge in [-0.25, -0.2) is 4.98 Å². The molecule has 1 heterocycles. The molecule has 2 rings (SSSR count). The van der Waals surface area contributed by atoms with Gasteiger partial charge in [-0.3, -0.25) is 4.79 Å². The number of nitrogens with zero attached hydrogens (tertiary/aromatic N) is 1. The van der Waals surface area contributed by atoms with Crippen molar-refractivity contribution in [1.82, 2.24) is 10.3 Å². The highest BCUT2D eigenvalue weighted by Gasteiger charge is 2.17. The molecule has 2 aromatic rings. The summed E-state index contributed by atoms with van der Waals surface area (Å²) in [6, 6.07) is 7.67. The van der Waals surface area contributed by atoms with E-state index in [1.54, 1.807) is 11.3 Å². The van der Waals surface area contributed by atoms with Gasteiger partial charge in [0.15, 0.2) is 0 Å². The maximum Gasteiger partial charge on any atom is 0.220 e. The van der Waals surface area contributed by atoms with Crippen LogP contribution >= 0.6 is 11.3 Å². The van der Waals surface area contributed by atoms with Crippen molar-refractivity contribution in [2.45, 2.75) is 45.4 Å². The van der Waals surface area contributed by atoms with Gasteiger partial charge >= 0.3 is 0 Å². The summed E-state index contributed by atoms with van der Waals surface area (Å²) in [4.78, 5) is 16.5. The summed E-state index contributed by atoms with van der Waals surface area (Å²) in [5, 5.41) is 6.13. The van der Waals surface area contributed by atoms with Crippen LogP contribution in [-0.4, -0.2) is 17.4 Å². The number of aryl methyl sites for hydroxylation is 1. The Kier molecular flexibility index (Phi) is 5.77. The van der Waals surface area contributed by atoms with E-state index in [0.29, 0.717) is 19.4 Å². The molecular weight excluding hydrogens is 306 g/mol. The van der Waals surface area contributed by atoms with Crippen molar-refractivity contribution in [1.29, 1.82) is 0 Å². The molecule has 0 saturated carbocycles. The molecule has 1 aromatic heterocycles. The van der Waals surface area contributed by atoms with Crippen LogP contribution in [0.15, 0.2) is 29.6 Å². The van der Waals surface area contributed by atoms with E-state index < -0.39 is 0 Å². The lowest BCUT2D eigenvalue weighted by Gasteiger charge is -2.14. The number of para-hydroxylation sites is 1. The predicted molar refractivity (Wildman–Crippen MR) is 96.7 cm³/mol. The van der Waals surface area contributed by atoms with Crippen molar-refractivity contribution < 1.29 is 4.79 Å². The molecule has 5 heteroatoms. The Morgan fingerprint density at radius 1 is 1.26 bits per heavy atom. The van der Waals surface area contributed by atoms with Crippen LogP contribution in [0.1, 0.15) is 43.5 Å². The van der Waals surface area contributed by atoms with E-state index in [1.165, 1.54) is 0 Å². The van der Waals surface area contributed by atoms with Crippen LogP contribution in [0.5, 0.6) is 0 Å². The molecule has 0 aliphatic carbocycles. The Balaban J connectivity index is 1.73. The summed E-state index contributed by atoms with van der Waals surface area (Å²) in [6.45, 7) is 7.09. The first-order valence-corrected chi connectivity index (χ1v) is 8.79. The molecule has 124 valence electrons. The first kappa shape index (κ1) is 17.5. The molecule has 0 atom stereocenters. The van der Waals surface area contributed by atoms with Gasteiger partial charge < -0.3 is 11.1 Å². The fourth-order valence-electron chi connectivity index (χ4n) is 2.18. The highest BCUT2D eigenvalue weighted by atomic mass is 32.1. The maximum atomic E-state index is 11.9. The van der Waals surface area contributed by atoms with Gasteiger partial charge in [0.05, 0.1) is 10.7 Å². The number of hydrogen-bond acceptors (Lipinski definition) is 4. The second-order valence-corrected chi connectivity index (χ2v) is 7.62. The van der Waals surface area contributed by atoms with Crippen LogP contribution in [0, 0.1) is 0 Å². The molecule has 1 amide bonds. The van der Waals surface area contributed by atoms with E-state index in [0.717, 1.165) is 28.4 Å². The van der Waals surface area contributed by atoms with Gasteiger partial charge in [0.1, 0.15) is 0 Å². The van der Waals surface area contributed by atoms with E-state index in [2.05, 4.69) is 36.5 Å². The fourth-order valence-corrected chi connectivity index (χ4v) is 3.20. The second kappa shape index (κ2) is 7.59. The van der Waals surface area contributed by atoms with Crippen LogP contribution in [0.25, 0.3) is 0 Å². The monoisotopic (exact) mass is 331 g/mol. The lowest BCUT2D eigenvalue weighted by atomic mass is 9.93. The van der Waals surface area contributed by atoms with Gasteiger partial charge in [0.25, 0.3) is 0 Å². The van der Waals surface area contributed by atoms with Crippen LogP contribution in [0.4, 0.5) is 5.69 Å². The average Bonchev–Trinajstić information content (AvgIpc) is 2.95. The Labute approximate surface area is 142 Å². The number of nitrogens with one attached hydrogen (secondary N) is 1. The molecule has 3 N–H and O–H groups in total. The number of nitrogen functional groups attached to an aromatic ring is 1. The zero-order chi connectivity index (χ0) is 16.9. The summed E-state index contributed by atoms with van der Waals surface area (Å²) < 4.78 is 0. The molecule has 0 aliphatic heterocycles. The van der Waals surface area contributed by atoms with Crippen LogP contribution in [0.3, 0.4) is 0 Å². The normalized spacial score (nSPS) is 11.4.